The van der Waals surface area contributed by atoms with Gasteiger partial charge in [0.2, 0.25) is 5.13 Å². The molecule has 4 aromatic rings. The third-order valence-electron chi connectivity index (χ3n) is 4.33. The van der Waals surface area contributed by atoms with E-state index in [-0.39, 0.29) is 5.13 Å². The second kappa shape index (κ2) is 7.65. The molecular formula is C20H15ClN4O3S. The van der Waals surface area contributed by atoms with E-state index in [1.807, 2.05) is 23.6 Å². The zero-order valence-corrected chi connectivity index (χ0v) is 17.0. The van der Waals surface area contributed by atoms with Gasteiger partial charge in [-0.25, -0.2) is 0 Å². The summed E-state index contributed by atoms with van der Waals surface area (Å²) < 4.78 is 7.13. The molecule has 1 amide bonds. The van der Waals surface area contributed by atoms with Gasteiger partial charge in [-0.15, -0.1) is 10.2 Å². The predicted molar refractivity (Wildman–Crippen MR) is 111 cm³/mol. The molecule has 0 saturated carbocycles. The molecule has 0 spiro atoms. The van der Waals surface area contributed by atoms with Crippen LogP contribution in [-0.4, -0.2) is 26.5 Å². The van der Waals surface area contributed by atoms with Crippen LogP contribution in [0, 0.1) is 13.8 Å². The minimum absolute atomic E-state index is 0.221. The van der Waals surface area contributed by atoms with E-state index in [2.05, 4.69) is 15.5 Å². The molecule has 3 aromatic heterocycles. The number of anilines is 1. The lowest BCUT2D eigenvalue weighted by Crippen LogP contribution is -2.23. The number of hydrogen-bond donors (Lipinski definition) is 1. The number of carbonyl (C=O) groups is 2. The van der Waals surface area contributed by atoms with E-state index in [0.717, 1.165) is 22.7 Å². The minimum atomic E-state index is -0.779. The van der Waals surface area contributed by atoms with Gasteiger partial charge in [-0.1, -0.05) is 29.0 Å². The molecular weight excluding hydrogens is 412 g/mol. The number of Topliss-reactive ketones (excluding diaryl/α,β-unsaturated/α-hetero) is 1. The lowest BCUT2D eigenvalue weighted by atomic mass is 10.1. The molecule has 0 bridgehead atoms. The van der Waals surface area contributed by atoms with Crippen molar-refractivity contribution in [1.29, 1.82) is 0 Å². The summed E-state index contributed by atoms with van der Waals surface area (Å²) in [5.41, 5.74) is 2.60. The molecule has 3 heterocycles. The normalized spacial score (nSPS) is 10.9. The SMILES string of the molecule is Cc1cc(C(=O)C(=O)Nc2nnc(-c3ccco3)s2)c(C)n1-c1cccc(Cl)c1. The first-order chi connectivity index (χ1) is 13.9. The lowest BCUT2D eigenvalue weighted by Gasteiger charge is -2.10. The van der Waals surface area contributed by atoms with Gasteiger partial charge < -0.3 is 8.98 Å². The highest BCUT2D eigenvalue weighted by molar-refractivity contribution is 7.18. The number of amides is 1. The van der Waals surface area contributed by atoms with Crippen molar-refractivity contribution in [3.63, 3.8) is 0 Å². The smallest absolute Gasteiger partial charge is 0.298 e. The van der Waals surface area contributed by atoms with Crippen LogP contribution >= 0.6 is 22.9 Å². The van der Waals surface area contributed by atoms with Crippen molar-refractivity contribution in [3.8, 4) is 16.5 Å². The number of rotatable bonds is 5. The van der Waals surface area contributed by atoms with Gasteiger partial charge in [0.1, 0.15) is 0 Å². The van der Waals surface area contributed by atoms with Gasteiger partial charge >= 0.3 is 0 Å². The Balaban J connectivity index is 1.57. The van der Waals surface area contributed by atoms with Crippen LogP contribution in [0.3, 0.4) is 0 Å². The number of carbonyl (C=O) groups excluding carboxylic acids is 2. The quantitative estimate of drug-likeness (QED) is 0.369. The van der Waals surface area contributed by atoms with Crippen LogP contribution < -0.4 is 5.32 Å². The first-order valence-corrected chi connectivity index (χ1v) is 9.81. The van der Waals surface area contributed by atoms with Gasteiger partial charge in [0.05, 0.1) is 6.26 Å². The number of halogens is 1. The Morgan fingerprint density at radius 3 is 2.69 bits per heavy atom. The molecule has 0 atom stereocenters. The second-order valence-electron chi connectivity index (χ2n) is 6.27. The van der Waals surface area contributed by atoms with Gasteiger partial charge in [-0.3, -0.25) is 14.9 Å². The Kier molecular flexibility index (Phi) is 5.04. The Bertz CT molecular complexity index is 1210. The summed E-state index contributed by atoms with van der Waals surface area (Å²) in [6, 6.07) is 12.4. The fourth-order valence-electron chi connectivity index (χ4n) is 3.05. The highest BCUT2D eigenvalue weighted by Gasteiger charge is 2.24. The summed E-state index contributed by atoms with van der Waals surface area (Å²) in [5, 5.41) is 11.7. The third kappa shape index (κ3) is 3.72. The number of aromatic nitrogens is 3. The van der Waals surface area contributed by atoms with E-state index in [0.29, 0.717) is 27.0 Å². The minimum Gasteiger partial charge on any atom is -0.462 e. The van der Waals surface area contributed by atoms with Gasteiger partial charge in [-0.2, -0.15) is 0 Å². The Labute approximate surface area is 175 Å². The van der Waals surface area contributed by atoms with E-state index in [1.165, 1.54) is 6.26 Å². The van der Waals surface area contributed by atoms with Gasteiger partial charge in [0, 0.05) is 27.7 Å². The number of furan rings is 1. The number of nitrogens with zero attached hydrogens (tertiary/aromatic N) is 3. The molecule has 0 aliphatic carbocycles. The fraction of sp³-hybridized carbons (Fsp3) is 0.100. The average Bonchev–Trinajstić information content (AvgIpc) is 3.42. The van der Waals surface area contributed by atoms with Crippen molar-refractivity contribution in [2.45, 2.75) is 13.8 Å². The maximum atomic E-state index is 12.8. The zero-order chi connectivity index (χ0) is 20.5. The Hall–Kier alpha value is -3.23. The van der Waals surface area contributed by atoms with Crippen LogP contribution in [0.5, 0.6) is 0 Å². The van der Waals surface area contributed by atoms with Crippen molar-refractivity contribution < 1.29 is 14.0 Å². The molecule has 0 aliphatic heterocycles. The summed E-state index contributed by atoms with van der Waals surface area (Å²) in [5.74, 6) is -0.890. The zero-order valence-electron chi connectivity index (χ0n) is 15.5. The van der Waals surface area contributed by atoms with E-state index < -0.39 is 11.7 Å². The number of aryl methyl sites for hydroxylation is 1. The fourth-order valence-corrected chi connectivity index (χ4v) is 3.95. The van der Waals surface area contributed by atoms with Gasteiger partial charge in [-0.05, 0) is 50.2 Å². The van der Waals surface area contributed by atoms with Crippen LogP contribution in [0.15, 0.2) is 53.1 Å². The first kappa shape index (κ1) is 19.1. The molecule has 9 heteroatoms. The lowest BCUT2D eigenvalue weighted by molar-refractivity contribution is -0.112. The molecule has 4 rings (SSSR count). The summed E-state index contributed by atoms with van der Waals surface area (Å²) in [7, 11) is 0. The summed E-state index contributed by atoms with van der Waals surface area (Å²) in [6.07, 6.45) is 1.52. The monoisotopic (exact) mass is 426 g/mol. The van der Waals surface area contributed by atoms with Gasteiger partial charge in [0.25, 0.3) is 11.7 Å². The van der Waals surface area contributed by atoms with Crippen molar-refractivity contribution in [2.75, 3.05) is 5.32 Å². The van der Waals surface area contributed by atoms with E-state index >= 15 is 0 Å². The highest BCUT2D eigenvalue weighted by Crippen LogP contribution is 2.27. The Morgan fingerprint density at radius 2 is 1.97 bits per heavy atom. The van der Waals surface area contributed by atoms with Gasteiger partial charge in [0.15, 0.2) is 10.8 Å². The molecule has 1 aromatic carbocycles. The van der Waals surface area contributed by atoms with Crippen LogP contribution in [-0.2, 0) is 4.79 Å². The van der Waals surface area contributed by atoms with Crippen molar-refractivity contribution in [3.05, 3.63) is 70.7 Å². The topological polar surface area (TPSA) is 90.0 Å². The number of nitrogens with one attached hydrogen (secondary N) is 1. The highest BCUT2D eigenvalue weighted by atomic mass is 35.5. The number of benzene rings is 1. The maximum Gasteiger partial charge on any atom is 0.298 e. The predicted octanol–water partition coefficient (Wildman–Crippen LogP) is 4.68. The summed E-state index contributed by atoms with van der Waals surface area (Å²) in [6.45, 7) is 3.65. The van der Waals surface area contributed by atoms with Crippen LogP contribution in [0.25, 0.3) is 16.5 Å². The molecule has 0 fully saturated rings. The first-order valence-electron chi connectivity index (χ1n) is 8.62. The molecule has 146 valence electrons. The van der Waals surface area contributed by atoms with Crippen molar-refractivity contribution in [1.82, 2.24) is 14.8 Å². The van der Waals surface area contributed by atoms with Crippen LogP contribution in [0.2, 0.25) is 5.02 Å². The number of ketones is 1. The molecule has 0 saturated heterocycles. The standard InChI is InChI=1S/C20H15ClN4O3S/c1-11-9-15(12(2)25(11)14-6-3-5-13(21)10-14)17(26)18(27)22-20-24-23-19(29-20)16-7-4-8-28-16/h3-10H,1-2H3,(H,22,24,27). The summed E-state index contributed by atoms with van der Waals surface area (Å²) >= 11 is 7.21. The van der Waals surface area contributed by atoms with E-state index in [4.69, 9.17) is 16.0 Å². The van der Waals surface area contributed by atoms with Crippen LogP contribution in [0.4, 0.5) is 5.13 Å². The summed E-state index contributed by atoms with van der Waals surface area (Å²) in [4.78, 5) is 25.3. The largest absolute Gasteiger partial charge is 0.462 e. The van der Waals surface area contributed by atoms with E-state index in [1.54, 1.807) is 37.3 Å². The second-order valence-corrected chi connectivity index (χ2v) is 7.69. The van der Waals surface area contributed by atoms with Crippen LogP contribution in [0.1, 0.15) is 21.7 Å². The number of hydrogen-bond acceptors (Lipinski definition) is 6. The Morgan fingerprint density at radius 1 is 1.14 bits per heavy atom. The van der Waals surface area contributed by atoms with Crippen molar-refractivity contribution in [2.24, 2.45) is 0 Å². The molecule has 0 aliphatic rings. The maximum absolute atomic E-state index is 12.8. The van der Waals surface area contributed by atoms with Crippen molar-refractivity contribution >= 4 is 39.8 Å². The molecule has 7 nitrogen and oxygen atoms in total. The third-order valence-corrected chi connectivity index (χ3v) is 5.41. The molecule has 29 heavy (non-hydrogen) atoms. The molecule has 0 unspecified atom stereocenters. The van der Waals surface area contributed by atoms with E-state index in [9.17, 15) is 9.59 Å². The average molecular weight is 427 g/mol. The molecule has 1 N–H and O–H groups in total. The molecule has 0 radical (unpaired) electrons.